The van der Waals surface area contributed by atoms with Gasteiger partial charge in [-0.3, -0.25) is 0 Å². The van der Waals surface area contributed by atoms with Crippen LogP contribution in [0.3, 0.4) is 0 Å². The number of nitrogens with zero attached hydrogens (tertiary/aromatic N) is 1. The lowest BCUT2D eigenvalue weighted by Crippen LogP contribution is -2.05. The molecule has 2 aromatic rings. The summed E-state index contributed by atoms with van der Waals surface area (Å²) in [6.45, 7) is 0.452. The molecular weight excluding hydrogens is 252 g/mol. The van der Waals surface area contributed by atoms with Crippen LogP contribution in [-0.4, -0.2) is 18.8 Å². The third-order valence-corrected chi connectivity index (χ3v) is 2.69. The van der Waals surface area contributed by atoms with E-state index in [1.54, 1.807) is 14.2 Å². The lowest BCUT2D eigenvalue weighted by molar-refractivity contribution is 0.354. The zero-order chi connectivity index (χ0) is 12.3. The van der Waals surface area contributed by atoms with Gasteiger partial charge in [0, 0.05) is 25.0 Å². The van der Waals surface area contributed by atoms with Gasteiger partial charge < -0.3 is 19.8 Å². The summed E-state index contributed by atoms with van der Waals surface area (Å²) in [5, 5.41) is 0. The van der Waals surface area contributed by atoms with E-state index in [9.17, 15) is 0 Å². The van der Waals surface area contributed by atoms with E-state index in [4.69, 9.17) is 15.2 Å². The smallest absolute Gasteiger partial charge is 0.162 e. The third kappa shape index (κ3) is 2.60. The van der Waals surface area contributed by atoms with Crippen molar-refractivity contribution >= 4 is 12.4 Å². The molecule has 0 amide bonds. The monoisotopic (exact) mass is 268 g/mol. The molecule has 0 aliphatic rings. The Bertz CT molecular complexity index is 498. The van der Waals surface area contributed by atoms with Crippen molar-refractivity contribution in [3.8, 4) is 17.2 Å². The molecule has 2 rings (SSSR count). The average molecular weight is 269 g/mol. The number of aromatic nitrogens is 1. The van der Waals surface area contributed by atoms with Crippen LogP contribution >= 0.6 is 12.4 Å². The van der Waals surface area contributed by atoms with Crippen molar-refractivity contribution in [3.05, 3.63) is 42.2 Å². The molecule has 0 spiro atoms. The largest absolute Gasteiger partial charge is 0.493 e. The summed E-state index contributed by atoms with van der Waals surface area (Å²) in [6, 6.07) is 7.78. The molecule has 2 N–H and O–H groups in total. The Labute approximate surface area is 113 Å². The van der Waals surface area contributed by atoms with Gasteiger partial charge in [0.2, 0.25) is 0 Å². The van der Waals surface area contributed by atoms with E-state index in [-0.39, 0.29) is 12.4 Å². The molecule has 0 unspecified atom stereocenters. The topological polar surface area (TPSA) is 49.4 Å². The second-order valence-electron chi connectivity index (χ2n) is 3.63. The lowest BCUT2D eigenvalue weighted by Gasteiger charge is -2.14. The predicted molar refractivity (Wildman–Crippen MR) is 74.0 cm³/mol. The van der Waals surface area contributed by atoms with Crippen molar-refractivity contribution in [1.82, 2.24) is 4.57 Å². The molecule has 0 radical (unpaired) electrons. The van der Waals surface area contributed by atoms with Crippen LogP contribution < -0.4 is 15.2 Å². The number of hydrogen-bond donors (Lipinski definition) is 1. The standard InChI is InChI=1S/C13H16N2O2.ClH/c1-16-12-7-10(9-14)11(8-13(12)17-2)15-5-3-4-6-15;/h3-8H,9,14H2,1-2H3;1H. The van der Waals surface area contributed by atoms with Gasteiger partial charge in [0.1, 0.15) is 0 Å². The maximum atomic E-state index is 5.76. The van der Waals surface area contributed by atoms with Crippen LogP contribution in [0, 0.1) is 0 Å². The summed E-state index contributed by atoms with van der Waals surface area (Å²) in [5.74, 6) is 1.40. The summed E-state index contributed by atoms with van der Waals surface area (Å²) in [5.41, 5.74) is 7.78. The normalized spacial score (nSPS) is 9.72. The summed E-state index contributed by atoms with van der Waals surface area (Å²) >= 11 is 0. The molecule has 0 fully saturated rings. The van der Waals surface area contributed by atoms with Crippen molar-refractivity contribution < 1.29 is 9.47 Å². The Hall–Kier alpha value is -1.65. The van der Waals surface area contributed by atoms with Crippen LogP contribution in [0.5, 0.6) is 11.5 Å². The highest BCUT2D eigenvalue weighted by atomic mass is 35.5. The first-order chi connectivity index (χ1) is 8.30. The molecule has 1 aromatic heterocycles. The van der Waals surface area contributed by atoms with Crippen LogP contribution in [0.25, 0.3) is 5.69 Å². The van der Waals surface area contributed by atoms with E-state index in [0.717, 1.165) is 11.3 Å². The molecule has 18 heavy (non-hydrogen) atoms. The minimum atomic E-state index is 0. The minimum absolute atomic E-state index is 0. The van der Waals surface area contributed by atoms with Crippen molar-refractivity contribution in [1.29, 1.82) is 0 Å². The van der Waals surface area contributed by atoms with Crippen LogP contribution in [0.4, 0.5) is 0 Å². The number of benzene rings is 1. The second-order valence-corrected chi connectivity index (χ2v) is 3.63. The Morgan fingerprint density at radius 2 is 1.61 bits per heavy atom. The van der Waals surface area contributed by atoms with Gasteiger partial charge in [-0.15, -0.1) is 12.4 Å². The summed E-state index contributed by atoms with van der Waals surface area (Å²) in [4.78, 5) is 0. The number of rotatable bonds is 4. The fourth-order valence-corrected chi connectivity index (χ4v) is 1.81. The maximum absolute atomic E-state index is 5.76. The van der Waals surface area contributed by atoms with Crippen molar-refractivity contribution in [2.75, 3.05) is 14.2 Å². The Morgan fingerprint density at radius 3 is 2.11 bits per heavy atom. The van der Waals surface area contributed by atoms with Gasteiger partial charge >= 0.3 is 0 Å². The maximum Gasteiger partial charge on any atom is 0.162 e. The van der Waals surface area contributed by atoms with Gasteiger partial charge in [-0.25, -0.2) is 0 Å². The second kappa shape index (κ2) is 6.33. The van der Waals surface area contributed by atoms with Crippen molar-refractivity contribution in [2.24, 2.45) is 5.73 Å². The molecule has 4 nitrogen and oxygen atoms in total. The Kier molecular flexibility index (Phi) is 5.07. The molecule has 1 aromatic carbocycles. The van der Waals surface area contributed by atoms with E-state index in [1.165, 1.54) is 0 Å². The molecule has 1 heterocycles. The van der Waals surface area contributed by atoms with Gasteiger partial charge in [-0.1, -0.05) is 0 Å². The molecule has 98 valence electrons. The number of halogens is 1. The molecule has 0 aliphatic heterocycles. The number of methoxy groups -OCH3 is 2. The fraction of sp³-hybridized carbons (Fsp3) is 0.231. The Morgan fingerprint density at radius 1 is 1.06 bits per heavy atom. The van der Waals surface area contributed by atoms with Gasteiger partial charge in [-0.2, -0.15) is 0 Å². The number of hydrogen-bond acceptors (Lipinski definition) is 3. The highest BCUT2D eigenvalue weighted by molar-refractivity contribution is 5.85. The van der Waals surface area contributed by atoms with Crippen molar-refractivity contribution in [2.45, 2.75) is 6.54 Å². The van der Waals surface area contributed by atoms with Crippen molar-refractivity contribution in [3.63, 3.8) is 0 Å². The van der Waals surface area contributed by atoms with Gasteiger partial charge in [-0.05, 0) is 23.8 Å². The number of ether oxygens (including phenoxy) is 2. The molecule has 5 heteroatoms. The number of nitrogens with two attached hydrogens (primary N) is 1. The van der Waals surface area contributed by atoms with Crippen LogP contribution in [0.2, 0.25) is 0 Å². The summed E-state index contributed by atoms with van der Waals surface area (Å²) < 4.78 is 12.6. The minimum Gasteiger partial charge on any atom is -0.493 e. The summed E-state index contributed by atoms with van der Waals surface area (Å²) in [7, 11) is 3.24. The highest BCUT2D eigenvalue weighted by Crippen LogP contribution is 2.32. The van der Waals surface area contributed by atoms with Crippen LogP contribution in [0.15, 0.2) is 36.7 Å². The first-order valence-electron chi connectivity index (χ1n) is 5.38. The molecular formula is C13H17ClN2O2. The highest BCUT2D eigenvalue weighted by Gasteiger charge is 2.10. The molecule has 0 atom stereocenters. The predicted octanol–water partition coefficient (Wildman–Crippen LogP) is 2.38. The van der Waals surface area contributed by atoms with Gasteiger partial charge in [0.05, 0.1) is 19.9 Å². The van der Waals surface area contributed by atoms with Crippen LogP contribution in [-0.2, 0) is 6.54 Å². The van der Waals surface area contributed by atoms with Gasteiger partial charge in [0.15, 0.2) is 11.5 Å². The first-order valence-corrected chi connectivity index (χ1v) is 5.38. The van der Waals surface area contributed by atoms with E-state index < -0.39 is 0 Å². The molecule has 0 bridgehead atoms. The van der Waals surface area contributed by atoms with E-state index >= 15 is 0 Å². The Balaban J connectivity index is 0.00000162. The first kappa shape index (κ1) is 14.4. The zero-order valence-electron chi connectivity index (χ0n) is 10.4. The fourth-order valence-electron chi connectivity index (χ4n) is 1.81. The lowest BCUT2D eigenvalue weighted by atomic mass is 10.1. The zero-order valence-corrected chi connectivity index (χ0v) is 11.2. The summed E-state index contributed by atoms with van der Waals surface area (Å²) in [6.07, 6.45) is 3.95. The molecule has 0 saturated heterocycles. The van der Waals surface area contributed by atoms with Gasteiger partial charge in [0.25, 0.3) is 0 Å². The quantitative estimate of drug-likeness (QED) is 0.926. The van der Waals surface area contributed by atoms with Crippen LogP contribution in [0.1, 0.15) is 5.56 Å². The van der Waals surface area contributed by atoms with E-state index in [1.807, 2.05) is 41.2 Å². The third-order valence-electron chi connectivity index (χ3n) is 2.69. The SMILES string of the molecule is COc1cc(CN)c(-n2cccc2)cc1OC.Cl. The van der Waals surface area contributed by atoms with E-state index in [0.29, 0.717) is 18.0 Å². The van der Waals surface area contributed by atoms with E-state index in [2.05, 4.69) is 0 Å². The molecule has 0 saturated carbocycles. The average Bonchev–Trinajstić information content (AvgIpc) is 2.90. The molecule has 0 aliphatic carbocycles.